The molecule has 0 N–H and O–H groups in total. The molecule has 0 aliphatic heterocycles. The summed E-state index contributed by atoms with van der Waals surface area (Å²) in [5, 5.41) is 8.96. The van der Waals surface area contributed by atoms with E-state index in [1.807, 2.05) is 12.1 Å². The summed E-state index contributed by atoms with van der Waals surface area (Å²) in [5.41, 5.74) is 3.24. The number of nitrogens with zero attached hydrogens (tertiary/aromatic N) is 1. The average molecular weight is 219 g/mol. The Morgan fingerprint density at radius 2 is 1.53 bits per heavy atom. The van der Waals surface area contributed by atoms with E-state index in [0.29, 0.717) is 17.4 Å². The highest BCUT2D eigenvalue weighted by molar-refractivity contribution is 7.80. The third kappa shape index (κ3) is 2.54. The Bertz CT molecular complexity index is 400. The van der Waals surface area contributed by atoms with Gasteiger partial charge in [0.2, 0.25) is 0 Å². The monoisotopic (exact) mass is 219 g/mol. The van der Waals surface area contributed by atoms with Crippen LogP contribution in [0.25, 0.3) is 0 Å². The lowest BCUT2D eigenvalue weighted by Gasteiger charge is -2.17. The van der Waals surface area contributed by atoms with Gasteiger partial charge in [-0.15, -0.1) is 12.6 Å². The molecule has 1 aromatic rings. The molecule has 0 radical (unpaired) electrons. The van der Waals surface area contributed by atoms with Crippen molar-refractivity contribution in [2.45, 2.75) is 44.4 Å². The van der Waals surface area contributed by atoms with Crippen LogP contribution in [0.2, 0.25) is 0 Å². The molecule has 0 bridgehead atoms. The molecule has 0 fully saturated rings. The normalized spacial score (nSPS) is 10.8. The highest BCUT2D eigenvalue weighted by atomic mass is 32.1. The maximum absolute atomic E-state index is 8.96. The Labute approximate surface area is 97.5 Å². The van der Waals surface area contributed by atoms with Gasteiger partial charge in [-0.2, -0.15) is 5.26 Å². The molecule has 0 aromatic heterocycles. The van der Waals surface area contributed by atoms with Gasteiger partial charge < -0.3 is 0 Å². The molecule has 0 saturated heterocycles. The van der Waals surface area contributed by atoms with Crippen molar-refractivity contribution in [3.8, 4) is 6.07 Å². The van der Waals surface area contributed by atoms with Crippen molar-refractivity contribution in [3.63, 3.8) is 0 Å². The molecule has 1 nitrogen and oxygen atoms in total. The van der Waals surface area contributed by atoms with Crippen LogP contribution in [0.1, 0.15) is 56.2 Å². The molecular formula is C13H17NS. The largest absolute Gasteiger partial charge is 0.192 e. The van der Waals surface area contributed by atoms with Gasteiger partial charge in [0.1, 0.15) is 6.07 Å². The second kappa shape index (κ2) is 4.72. The van der Waals surface area contributed by atoms with Crippen molar-refractivity contribution < 1.29 is 0 Å². The minimum Gasteiger partial charge on any atom is -0.192 e. The van der Waals surface area contributed by atoms with Gasteiger partial charge in [0.05, 0.1) is 5.56 Å². The van der Waals surface area contributed by atoms with Gasteiger partial charge in [-0.25, -0.2) is 0 Å². The number of hydrogen-bond acceptors (Lipinski definition) is 2. The van der Waals surface area contributed by atoms with E-state index in [1.165, 1.54) is 11.1 Å². The zero-order valence-electron chi connectivity index (χ0n) is 9.70. The van der Waals surface area contributed by atoms with Crippen LogP contribution in [0, 0.1) is 11.3 Å². The van der Waals surface area contributed by atoms with Crippen molar-refractivity contribution in [1.29, 1.82) is 5.26 Å². The maximum Gasteiger partial charge on any atom is 0.100 e. The van der Waals surface area contributed by atoms with Crippen LogP contribution in [-0.4, -0.2) is 0 Å². The van der Waals surface area contributed by atoms with Crippen molar-refractivity contribution in [2.75, 3.05) is 0 Å². The number of rotatable bonds is 2. The van der Waals surface area contributed by atoms with Gasteiger partial charge >= 0.3 is 0 Å². The Hall–Kier alpha value is -0.940. The second-order valence-corrected chi connectivity index (χ2v) is 4.90. The number of nitriles is 1. The van der Waals surface area contributed by atoms with E-state index in [-0.39, 0.29) is 0 Å². The lowest BCUT2D eigenvalue weighted by atomic mass is 9.89. The van der Waals surface area contributed by atoms with Gasteiger partial charge in [0.25, 0.3) is 0 Å². The predicted octanol–water partition coefficient (Wildman–Crippen LogP) is 4.09. The van der Waals surface area contributed by atoms with Gasteiger partial charge in [0, 0.05) is 4.90 Å². The van der Waals surface area contributed by atoms with Gasteiger partial charge in [0.15, 0.2) is 0 Å². The standard InChI is InChI=1S/C13H17NS/c1-8(2)11-5-10(7-14)13(15)6-12(11)9(3)4/h5-6,8-9,15H,1-4H3. The fraction of sp³-hybridized carbons (Fsp3) is 0.462. The first-order chi connectivity index (χ1) is 6.97. The molecule has 0 unspecified atom stereocenters. The Morgan fingerprint density at radius 3 is 1.93 bits per heavy atom. The molecule has 0 aliphatic rings. The van der Waals surface area contributed by atoms with Crippen LogP contribution in [0.4, 0.5) is 0 Å². The molecule has 0 atom stereocenters. The second-order valence-electron chi connectivity index (χ2n) is 4.42. The van der Waals surface area contributed by atoms with E-state index in [4.69, 9.17) is 5.26 Å². The number of thiol groups is 1. The molecule has 0 spiro atoms. The maximum atomic E-state index is 8.96. The van der Waals surface area contributed by atoms with Crippen LogP contribution in [0.15, 0.2) is 17.0 Å². The zero-order chi connectivity index (χ0) is 11.6. The fourth-order valence-electron chi connectivity index (χ4n) is 1.71. The van der Waals surface area contributed by atoms with E-state index in [2.05, 4.69) is 46.4 Å². The van der Waals surface area contributed by atoms with Crippen molar-refractivity contribution in [3.05, 3.63) is 28.8 Å². The molecule has 1 aromatic carbocycles. The van der Waals surface area contributed by atoms with Crippen LogP contribution < -0.4 is 0 Å². The predicted molar refractivity (Wildman–Crippen MR) is 66.6 cm³/mol. The highest BCUT2D eigenvalue weighted by Crippen LogP contribution is 2.30. The van der Waals surface area contributed by atoms with E-state index in [9.17, 15) is 0 Å². The molecule has 0 saturated carbocycles. The van der Waals surface area contributed by atoms with Crippen molar-refractivity contribution >= 4 is 12.6 Å². The van der Waals surface area contributed by atoms with Crippen LogP contribution in [0.3, 0.4) is 0 Å². The quantitative estimate of drug-likeness (QED) is 0.744. The van der Waals surface area contributed by atoms with Gasteiger partial charge in [-0.3, -0.25) is 0 Å². The van der Waals surface area contributed by atoms with E-state index >= 15 is 0 Å². The first kappa shape index (κ1) is 12.1. The summed E-state index contributed by atoms with van der Waals surface area (Å²) in [6.45, 7) is 8.64. The average Bonchev–Trinajstić information content (AvgIpc) is 2.16. The minimum atomic E-state index is 0.448. The van der Waals surface area contributed by atoms with Gasteiger partial charge in [-0.1, -0.05) is 27.7 Å². The third-order valence-electron chi connectivity index (χ3n) is 2.57. The molecular weight excluding hydrogens is 202 g/mol. The molecule has 0 aliphatic carbocycles. The first-order valence-corrected chi connectivity index (χ1v) is 5.69. The highest BCUT2D eigenvalue weighted by Gasteiger charge is 2.12. The summed E-state index contributed by atoms with van der Waals surface area (Å²) in [6, 6.07) is 6.18. The summed E-state index contributed by atoms with van der Waals surface area (Å²) in [4.78, 5) is 0.783. The van der Waals surface area contributed by atoms with Crippen LogP contribution >= 0.6 is 12.6 Å². The topological polar surface area (TPSA) is 23.8 Å². The van der Waals surface area contributed by atoms with Crippen molar-refractivity contribution in [2.24, 2.45) is 0 Å². The van der Waals surface area contributed by atoms with Crippen LogP contribution in [0.5, 0.6) is 0 Å². The zero-order valence-corrected chi connectivity index (χ0v) is 10.6. The Kier molecular flexibility index (Phi) is 3.82. The van der Waals surface area contributed by atoms with Crippen LogP contribution in [-0.2, 0) is 0 Å². The smallest absolute Gasteiger partial charge is 0.100 e. The SMILES string of the molecule is CC(C)c1cc(S)c(C#N)cc1C(C)C. The number of benzene rings is 1. The summed E-state index contributed by atoms with van der Waals surface area (Å²) >= 11 is 4.34. The van der Waals surface area contributed by atoms with Crippen molar-refractivity contribution in [1.82, 2.24) is 0 Å². The summed E-state index contributed by atoms with van der Waals surface area (Å²) < 4.78 is 0. The number of hydrogen-bond donors (Lipinski definition) is 1. The summed E-state index contributed by atoms with van der Waals surface area (Å²) in [6.07, 6.45) is 0. The molecule has 0 heterocycles. The van der Waals surface area contributed by atoms with Gasteiger partial charge in [-0.05, 0) is 35.1 Å². The molecule has 0 amide bonds. The van der Waals surface area contributed by atoms with E-state index in [0.717, 1.165) is 4.90 Å². The Morgan fingerprint density at radius 1 is 1.07 bits per heavy atom. The van der Waals surface area contributed by atoms with E-state index in [1.54, 1.807) is 0 Å². The molecule has 80 valence electrons. The lowest BCUT2D eigenvalue weighted by Crippen LogP contribution is -2.00. The summed E-state index contributed by atoms with van der Waals surface area (Å²) in [7, 11) is 0. The lowest BCUT2D eigenvalue weighted by molar-refractivity contribution is 0.785. The fourth-order valence-corrected chi connectivity index (χ4v) is 1.96. The molecule has 1 rings (SSSR count). The molecule has 2 heteroatoms. The summed E-state index contributed by atoms with van der Waals surface area (Å²) in [5.74, 6) is 0.921. The molecule has 15 heavy (non-hydrogen) atoms. The first-order valence-electron chi connectivity index (χ1n) is 5.24. The Balaban J connectivity index is 3.40. The minimum absolute atomic E-state index is 0.448. The van der Waals surface area contributed by atoms with E-state index < -0.39 is 0 Å². The third-order valence-corrected chi connectivity index (χ3v) is 2.94.